The van der Waals surface area contributed by atoms with E-state index in [4.69, 9.17) is 23.2 Å². The SMILES string of the molecule is Cc1ccc(S(=O)(=O)N(CC(=O)NCCNc2ccnc3cc(Cl)ccc23)Cc2ccc(Cl)cc2)cc1. The van der Waals surface area contributed by atoms with E-state index in [0.29, 0.717) is 23.1 Å². The molecule has 1 amide bonds. The maximum absolute atomic E-state index is 13.4. The molecule has 0 spiro atoms. The first-order chi connectivity index (χ1) is 17.7. The van der Waals surface area contributed by atoms with Crippen molar-refractivity contribution in [3.63, 3.8) is 0 Å². The molecular weight excluding hydrogens is 531 g/mol. The van der Waals surface area contributed by atoms with Gasteiger partial charge in [0.05, 0.1) is 17.0 Å². The van der Waals surface area contributed by atoms with Gasteiger partial charge in [-0.3, -0.25) is 9.78 Å². The number of nitrogens with one attached hydrogen (secondary N) is 2. The molecule has 10 heteroatoms. The molecule has 0 fully saturated rings. The maximum atomic E-state index is 13.4. The highest BCUT2D eigenvalue weighted by Crippen LogP contribution is 2.24. The molecule has 0 bridgehead atoms. The van der Waals surface area contributed by atoms with E-state index in [1.54, 1.807) is 66.9 Å². The van der Waals surface area contributed by atoms with Crippen LogP contribution in [0.15, 0.2) is 83.9 Å². The number of sulfonamides is 1. The summed E-state index contributed by atoms with van der Waals surface area (Å²) in [6.45, 7) is 2.33. The summed E-state index contributed by atoms with van der Waals surface area (Å²) < 4.78 is 28.0. The van der Waals surface area contributed by atoms with Crippen LogP contribution >= 0.6 is 23.2 Å². The van der Waals surface area contributed by atoms with Gasteiger partial charge in [0.15, 0.2) is 0 Å². The van der Waals surface area contributed by atoms with Crippen LogP contribution < -0.4 is 10.6 Å². The minimum Gasteiger partial charge on any atom is -0.383 e. The minimum absolute atomic E-state index is 0.0324. The molecule has 192 valence electrons. The number of halogens is 2. The first kappa shape index (κ1) is 26.9. The zero-order chi connectivity index (χ0) is 26.4. The minimum atomic E-state index is -3.92. The first-order valence-electron chi connectivity index (χ1n) is 11.6. The number of aryl methyl sites for hydroxylation is 1. The Bertz CT molecular complexity index is 1490. The predicted octanol–water partition coefficient (Wildman–Crippen LogP) is 5.27. The number of carbonyl (C=O) groups is 1. The smallest absolute Gasteiger partial charge is 0.243 e. The molecule has 0 saturated carbocycles. The van der Waals surface area contributed by atoms with Crippen molar-refractivity contribution in [3.05, 3.63) is 100 Å². The number of hydrogen-bond acceptors (Lipinski definition) is 5. The normalized spacial score (nSPS) is 11.6. The van der Waals surface area contributed by atoms with Crippen LogP contribution in [0.5, 0.6) is 0 Å². The largest absolute Gasteiger partial charge is 0.383 e. The first-order valence-corrected chi connectivity index (χ1v) is 13.8. The van der Waals surface area contributed by atoms with E-state index < -0.39 is 15.9 Å². The summed E-state index contributed by atoms with van der Waals surface area (Å²) in [6.07, 6.45) is 1.68. The third kappa shape index (κ3) is 6.99. The number of aromatic nitrogens is 1. The summed E-state index contributed by atoms with van der Waals surface area (Å²) in [5.41, 5.74) is 3.29. The average Bonchev–Trinajstić information content (AvgIpc) is 2.87. The van der Waals surface area contributed by atoms with Crippen LogP contribution in [-0.2, 0) is 21.4 Å². The standard InChI is InChI=1S/C27H26Cl2N4O3S/c1-19-2-9-23(10-3-19)37(35,36)33(17-20-4-6-21(28)7-5-20)18-27(34)32-15-14-31-25-12-13-30-26-16-22(29)8-11-24(25)26/h2-13,16H,14-15,17-18H2,1H3,(H,30,31)(H,32,34). The molecule has 4 rings (SSSR count). The van der Waals surface area contributed by atoms with Gasteiger partial charge in [0, 0.05) is 46.9 Å². The lowest BCUT2D eigenvalue weighted by molar-refractivity contribution is -0.121. The summed E-state index contributed by atoms with van der Waals surface area (Å²) in [4.78, 5) is 17.3. The molecule has 7 nitrogen and oxygen atoms in total. The monoisotopic (exact) mass is 556 g/mol. The number of rotatable bonds is 10. The van der Waals surface area contributed by atoms with E-state index in [1.165, 1.54) is 4.31 Å². The van der Waals surface area contributed by atoms with Crippen LogP contribution in [0.4, 0.5) is 5.69 Å². The maximum Gasteiger partial charge on any atom is 0.243 e. The van der Waals surface area contributed by atoms with Gasteiger partial charge in [0.2, 0.25) is 15.9 Å². The van der Waals surface area contributed by atoms with Gasteiger partial charge in [0.1, 0.15) is 0 Å². The number of benzene rings is 3. The van der Waals surface area contributed by atoms with Gasteiger partial charge < -0.3 is 10.6 Å². The Kier molecular flexibility index (Phi) is 8.66. The highest BCUT2D eigenvalue weighted by Gasteiger charge is 2.27. The van der Waals surface area contributed by atoms with E-state index in [0.717, 1.165) is 27.7 Å². The number of hydrogen-bond donors (Lipinski definition) is 2. The lowest BCUT2D eigenvalue weighted by Crippen LogP contribution is -2.41. The summed E-state index contributed by atoms with van der Waals surface area (Å²) >= 11 is 12.0. The van der Waals surface area contributed by atoms with Gasteiger partial charge in [-0.2, -0.15) is 4.31 Å². The molecule has 0 unspecified atom stereocenters. The fourth-order valence-electron chi connectivity index (χ4n) is 3.77. The molecule has 0 aliphatic rings. The molecule has 0 atom stereocenters. The molecular formula is C27H26Cl2N4O3S. The van der Waals surface area contributed by atoms with E-state index in [-0.39, 0.29) is 18.0 Å². The Morgan fingerprint density at radius 2 is 1.62 bits per heavy atom. The van der Waals surface area contributed by atoms with Gasteiger partial charge in [-0.05, 0) is 61.0 Å². The number of fused-ring (bicyclic) bond motifs is 1. The second-order valence-electron chi connectivity index (χ2n) is 8.51. The van der Waals surface area contributed by atoms with Gasteiger partial charge in [0.25, 0.3) is 0 Å². The highest BCUT2D eigenvalue weighted by molar-refractivity contribution is 7.89. The lowest BCUT2D eigenvalue weighted by Gasteiger charge is -2.22. The Morgan fingerprint density at radius 3 is 2.35 bits per heavy atom. The zero-order valence-corrected chi connectivity index (χ0v) is 22.4. The van der Waals surface area contributed by atoms with E-state index in [1.807, 2.05) is 19.1 Å². The molecule has 0 aliphatic heterocycles. The average molecular weight is 558 g/mol. The molecule has 2 N–H and O–H groups in total. The van der Waals surface area contributed by atoms with Crippen LogP contribution in [0, 0.1) is 6.92 Å². The van der Waals surface area contributed by atoms with Gasteiger partial charge in [-0.15, -0.1) is 0 Å². The number of anilines is 1. The Balaban J connectivity index is 1.41. The van der Waals surface area contributed by atoms with Crippen LogP contribution in [0.2, 0.25) is 10.0 Å². The van der Waals surface area contributed by atoms with Crippen molar-refractivity contribution in [3.8, 4) is 0 Å². The van der Waals surface area contributed by atoms with Gasteiger partial charge >= 0.3 is 0 Å². The Hall–Kier alpha value is -3.17. The third-order valence-electron chi connectivity index (χ3n) is 5.72. The molecule has 0 radical (unpaired) electrons. The van der Waals surface area contributed by atoms with Crippen molar-refractivity contribution in [2.24, 2.45) is 0 Å². The van der Waals surface area contributed by atoms with Crippen molar-refractivity contribution in [1.82, 2.24) is 14.6 Å². The Labute approximate surface area is 226 Å². The zero-order valence-electron chi connectivity index (χ0n) is 20.1. The highest BCUT2D eigenvalue weighted by atomic mass is 35.5. The molecule has 0 saturated heterocycles. The number of nitrogens with zero attached hydrogens (tertiary/aromatic N) is 2. The Morgan fingerprint density at radius 1 is 0.919 bits per heavy atom. The molecule has 4 aromatic rings. The van der Waals surface area contributed by atoms with Crippen molar-refractivity contribution in [2.45, 2.75) is 18.4 Å². The number of amides is 1. The fourth-order valence-corrected chi connectivity index (χ4v) is 5.45. The molecule has 1 aromatic heterocycles. The van der Waals surface area contributed by atoms with Crippen LogP contribution in [-0.4, -0.2) is 43.2 Å². The van der Waals surface area contributed by atoms with E-state index >= 15 is 0 Å². The van der Waals surface area contributed by atoms with Crippen LogP contribution in [0.3, 0.4) is 0 Å². The van der Waals surface area contributed by atoms with E-state index in [9.17, 15) is 13.2 Å². The summed E-state index contributed by atoms with van der Waals surface area (Å²) in [6, 6.07) is 20.7. The fraction of sp³-hybridized carbons (Fsp3) is 0.185. The van der Waals surface area contributed by atoms with Gasteiger partial charge in [-0.25, -0.2) is 8.42 Å². The van der Waals surface area contributed by atoms with Crippen molar-refractivity contribution >= 4 is 55.7 Å². The lowest BCUT2D eigenvalue weighted by atomic mass is 10.2. The molecule has 0 aliphatic carbocycles. The molecule has 3 aromatic carbocycles. The van der Waals surface area contributed by atoms with Crippen molar-refractivity contribution < 1.29 is 13.2 Å². The third-order valence-corrected chi connectivity index (χ3v) is 8.01. The molecule has 37 heavy (non-hydrogen) atoms. The second kappa shape index (κ2) is 11.9. The molecule has 1 heterocycles. The topological polar surface area (TPSA) is 91.4 Å². The summed E-state index contributed by atoms with van der Waals surface area (Å²) in [5, 5.41) is 8.15. The van der Waals surface area contributed by atoms with E-state index in [2.05, 4.69) is 15.6 Å². The van der Waals surface area contributed by atoms with Crippen LogP contribution in [0.1, 0.15) is 11.1 Å². The van der Waals surface area contributed by atoms with Crippen LogP contribution in [0.25, 0.3) is 10.9 Å². The number of pyridine rings is 1. The summed E-state index contributed by atoms with van der Waals surface area (Å²) in [7, 11) is -3.92. The van der Waals surface area contributed by atoms with Crippen molar-refractivity contribution in [1.29, 1.82) is 0 Å². The van der Waals surface area contributed by atoms with Crippen molar-refractivity contribution in [2.75, 3.05) is 25.0 Å². The van der Waals surface area contributed by atoms with Gasteiger partial charge in [-0.1, -0.05) is 53.0 Å². The second-order valence-corrected chi connectivity index (χ2v) is 11.3. The number of carbonyl (C=O) groups excluding carboxylic acids is 1. The summed E-state index contributed by atoms with van der Waals surface area (Å²) in [5.74, 6) is -0.405. The predicted molar refractivity (Wildman–Crippen MR) is 148 cm³/mol. The quantitative estimate of drug-likeness (QED) is 0.259.